The Hall–Kier alpha value is -1.16. The van der Waals surface area contributed by atoms with E-state index in [1.807, 2.05) is 13.0 Å². The van der Waals surface area contributed by atoms with Crippen molar-refractivity contribution in [3.63, 3.8) is 0 Å². The average Bonchev–Trinajstić information content (AvgIpc) is 2.29. The molecule has 4 heteroatoms. The van der Waals surface area contributed by atoms with E-state index < -0.39 is 0 Å². The van der Waals surface area contributed by atoms with Crippen LogP contribution in [-0.4, -0.2) is 29.2 Å². The van der Waals surface area contributed by atoms with Crippen LogP contribution in [0.1, 0.15) is 39.8 Å². The van der Waals surface area contributed by atoms with Crippen LogP contribution < -0.4 is 10.1 Å². The highest BCUT2D eigenvalue weighted by Gasteiger charge is 2.12. The zero-order valence-electron chi connectivity index (χ0n) is 11.9. The summed E-state index contributed by atoms with van der Waals surface area (Å²) in [5, 5.41) is 3.51. The SMILES string of the molecule is CCNC(Cc1cc(OCC)ncn1)CC(C)C. The quantitative estimate of drug-likeness (QED) is 0.771. The highest BCUT2D eigenvalue weighted by Crippen LogP contribution is 2.12. The molecule has 0 spiro atoms. The van der Waals surface area contributed by atoms with Crippen LogP contribution in [0.25, 0.3) is 0 Å². The Balaban J connectivity index is 2.64. The van der Waals surface area contributed by atoms with Gasteiger partial charge in [-0.15, -0.1) is 0 Å². The normalized spacial score (nSPS) is 12.7. The zero-order valence-corrected chi connectivity index (χ0v) is 11.9. The molecule has 0 amide bonds. The van der Waals surface area contributed by atoms with Crippen LogP contribution in [0.2, 0.25) is 0 Å². The van der Waals surface area contributed by atoms with E-state index in [9.17, 15) is 0 Å². The first-order valence-electron chi connectivity index (χ1n) is 6.82. The second kappa shape index (κ2) is 8.03. The molecule has 0 aromatic carbocycles. The molecule has 1 heterocycles. The molecule has 18 heavy (non-hydrogen) atoms. The second-order valence-electron chi connectivity index (χ2n) is 4.87. The van der Waals surface area contributed by atoms with Gasteiger partial charge in [0.15, 0.2) is 0 Å². The first-order chi connectivity index (χ1) is 8.65. The van der Waals surface area contributed by atoms with Crippen molar-refractivity contribution in [3.05, 3.63) is 18.1 Å². The second-order valence-corrected chi connectivity index (χ2v) is 4.87. The van der Waals surface area contributed by atoms with Gasteiger partial charge in [-0.3, -0.25) is 0 Å². The minimum absolute atomic E-state index is 0.472. The summed E-state index contributed by atoms with van der Waals surface area (Å²) in [5.74, 6) is 1.35. The number of hydrogen-bond donors (Lipinski definition) is 1. The van der Waals surface area contributed by atoms with Crippen molar-refractivity contribution < 1.29 is 4.74 Å². The molecule has 1 aromatic rings. The first kappa shape index (κ1) is 14.9. The van der Waals surface area contributed by atoms with Crippen LogP contribution in [0.5, 0.6) is 5.88 Å². The van der Waals surface area contributed by atoms with Gasteiger partial charge >= 0.3 is 0 Å². The molecule has 102 valence electrons. The van der Waals surface area contributed by atoms with Crippen LogP contribution in [0, 0.1) is 5.92 Å². The fraction of sp³-hybridized carbons (Fsp3) is 0.714. The van der Waals surface area contributed by atoms with Gasteiger partial charge in [0.05, 0.1) is 6.61 Å². The van der Waals surface area contributed by atoms with Crippen molar-refractivity contribution in [2.24, 2.45) is 5.92 Å². The van der Waals surface area contributed by atoms with Crippen LogP contribution in [0.3, 0.4) is 0 Å². The van der Waals surface area contributed by atoms with E-state index in [4.69, 9.17) is 4.74 Å². The average molecular weight is 251 g/mol. The lowest BCUT2D eigenvalue weighted by Gasteiger charge is -2.19. The van der Waals surface area contributed by atoms with Crippen molar-refractivity contribution in [3.8, 4) is 5.88 Å². The van der Waals surface area contributed by atoms with Gasteiger partial charge < -0.3 is 10.1 Å². The highest BCUT2D eigenvalue weighted by atomic mass is 16.5. The van der Waals surface area contributed by atoms with Gasteiger partial charge in [-0.1, -0.05) is 20.8 Å². The number of nitrogens with one attached hydrogen (secondary N) is 1. The van der Waals surface area contributed by atoms with Crippen molar-refractivity contribution >= 4 is 0 Å². The van der Waals surface area contributed by atoms with Gasteiger partial charge in [-0.25, -0.2) is 9.97 Å². The van der Waals surface area contributed by atoms with Crippen molar-refractivity contribution in [2.45, 2.75) is 46.6 Å². The van der Waals surface area contributed by atoms with Crippen molar-refractivity contribution in [1.82, 2.24) is 15.3 Å². The summed E-state index contributed by atoms with van der Waals surface area (Å²) < 4.78 is 5.40. The molecule has 0 aliphatic carbocycles. The lowest BCUT2D eigenvalue weighted by molar-refractivity contribution is 0.325. The summed E-state index contributed by atoms with van der Waals surface area (Å²) in [7, 11) is 0. The third-order valence-electron chi connectivity index (χ3n) is 2.70. The number of hydrogen-bond acceptors (Lipinski definition) is 4. The molecular formula is C14H25N3O. The van der Waals surface area contributed by atoms with Gasteiger partial charge in [0, 0.05) is 24.2 Å². The van der Waals surface area contributed by atoms with Gasteiger partial charge in [-0.05, 0) is 25.8 Å². The molecule has 0 fully saturated rings. The Kier molecular flexibility index (Phi) is 6.65. The Morgan fingerprint density at radius 2 is 2.06 bits per heavy atom. The smallest absolute Gasteiger partial charge is 0.216 e. The summed E-state index contributed by atoms with van der Waals surface area (Å²) >= 11 is 0. The van der Waals surface area contributed by atoms with Crippen LogP contribution in [-0.2, 0) is 6.42 Å². The third-order valence-corrected chi connectivity index (χ3v) is 2.70. The molecular weight excluding hydrogens is 226 g/mol. The molecule has 0 bridgehead atoms. The number of ether oxygens (including phenoxy) is 1. The molecule has 1 N–H and O–H groups in total. The third kappa shape index (κ3) is 5.45. The highest BCUT2D eigenvalue weighted by molar-refractivity contribution is 5.14. The van der Waals surface area contributed by atoms with E-state index in [2.05, 4.69) is 36.1 Å². The Morgan fingerprint density at radius 1 is 1.28 bits per heavy atom. The molecule has 0 aliphatic rings. The minimum Gasteiger partial charge on any atom is -0.478 e. The van der Waals surface area contributed by atoms with E-state index in [1.165, 1.54) is 0 Å². The number of likely N-dealkylation sites (N-methyl/N-ethyl adjacent to an activating group) is 1. The minimum atomic E-state index is 0.472. The monoisotopic (exact) mass is 251 g/mol. The summed E-state index contributed by atoms with van der Waals surface area (Å²) in [6, 6.07) is 2.41. The number of rotatable bonds is 8. The van der Waals surface area contributed by atoms with E-state index in [0.717, 1.165) is 25.1 Å². The van der Waals surface area contributed by atoms with Gasteiger partial charge in [-0.2, -0.15) is 0 Å². The summed E-state index contributed by atoms with van der Waals surface area (Å²) in [4.78, 5) is 8.41. The standard InChI is InChI=1S/C14H25N3O/c1-5-15-12(7-11(3)4)8-13-9-14(18-6-2)17-10-16-13/h9-12,15H,5-8H2,1-4H3. The Labute approximate surface area is 110 Å². The van der Waals surface area contributed by atoms with E-state index in [1.54, 1.807) is 6.33 Å². The molecule has 0 saturated carbocycles. The maximum Gasteiger partial charge on any atom is 0.216 e. The van der Waals surface area contributed by atoms with E-state index in [-0.39, 0.29) is 0 Å². The predicted octanol–water partition coefficient (Wildman–Crippen LogP) is 2.44. The molecule has 0 saturated heterocycles. The largest absolute Gasteiger partial charge is 0.478 e. The molecule has 1 rings (SSSR count). The van der Waals surface area contributed by atoms with Gasteiger partial charge in [0.2, 0.25) is 5.88 Å². The Morgan fingerprint density at radius 3 is 2.67 bits per heavy atom. The maximum absolute atomic E-state index is 5.40. The number of nitrogens with zero attached hydrogens (tertiary/aromatic N) is 2. The lowest BCUT2D eigenvalue weighted by Crippen LogP contribution is -2.32. The molecule has 0 radical (unpaired) electrons. The molecule has 1 atom stereocenters. The van der Waals surface area contributed by atoms with Gasteiger partial charge in [0.25, 0.3) is 0 Å². The first-order valence-corrected chi connectivity index (χ1v) is 6.82. The lowest BCUT2D eigenvalue weighted by atomic mass is 9.99. The number of aromatic nitrogens is 2. The summed E-state index contributed by atoms with van der Waals surface area (Å²) in [6.07, 6.45) is 3.66. The summed E-state index contributed by atoms with van der Waals surface area (Å²) in [5.41, 5.74) is 1.04. The maximum atomic E-state index is 5.40. The van der Waals surface area contributed by atoms with Crippen LogP contribution in [0.4, 0.5) is 0 Å². The molecule has 4 nitrogen and oxygen atoms in total. The van der Waals surface area contributed by atoms with Crippen molar-refractivity contribution in [2.75, 3.05) is 13.2 Å². The van der Waals surface area contributed by atoms with E-state index in [0.29, 0.717) is 24.4 Å². The predicted molar refractivity (Wildman–Crippen MR) is 73.8 cm³/mol. The van der Waals surface area contributed by atoms with Crippen LogP contribution >= 0.6 is 0 Å². The van der Waals surface area contributed by atoms with Gasteiger partial charge in [0.1, 0.15) is 6.33 Å². The van der Waals surface area contributed by atoms with Crippen molar-refractivity contribution in [1.29, 1.82) is 0 Å². The fourth-order valence-electron chi connectivity index (χ4n) is 2.06. The topological polar surface area (TPSA) is 47.0 Å². The molecule has 1 unspecified atom stereocenters. The molecule has 0 aliphatic heterocycles. The molecule has 1 aromatic heterocycles. The summed E-state index contributed by atoms with van der Waals surface area (Å²) in [6.45, 7) is 10.2. The fourth-order valence-corrected chi connectivity index (χ4v) is 2.06. The zero-order chi connectivity index (χ0) is 13.4. The van der Waals surface area contributed by atoms with E-state index >= 15 is 0 Å². The Bertz CT molecular complexity index is 342. The van der Waals surface area contributed by atoms with Crippen LogP contribution in [0.15, 0.2) is 12.4 Å².